The molecule has 0 aromatic heterocycles. The highest BCUT2D eigenvalue weighted by Gasteiger charge is 2.10. The summed E-state index contributed by atoms with van der Waals surface area (Å²) in [6, 6.07) is 10.8. The van der Waals surface area contributed by atoms with Gasteiger partial charge >= 0.3 is 0 Å². The van der Waals surface area contributed by atoms with Crippen molar-refractivity contribution < 1.29 is 18.3 Å². The van der Waals surface area contributed by atoms with Crippen LogP contribution in [-0.2, 0) is 0 Å². The number of anilines is 1. The molecule has 120 valence electrons. The zero-order valence-electron chi connectivity index (χ0n) is 12.6. The molecule has 0 saturated heterocycles. The van der Waals surface area contributed by atoms with Gasteiger partial charge in [0.2, 0.25) is 0 Å². The highest BCUT2D eigenvalue weighted by atomic mass is 19.1. The Hall–Kier alpha value is -2.81. The first-order chi connectivity index (χ1) is 11.1. The lowest BCUT2D eigenvalue weighted by atomic mass is 10.2. The molecular weight excluding hydrogens is 302 g/mol. The maximum Gasteiger partial charge on any atom is 0.150 e. The van der Waals surface area contributed by atoms with Crippen LogP contribution in [0.2, 0.25) is 0 Å². The SMILES string of the molecule is COc1ccc(OCCCNc2c(F)cc(C#N)cc2F)cc1. The summed E-state index contributed by atoms with van der Waals surface area (Å²) in [5.41, 5.74) is -0.276. The van der Waals surface area contributed by atoms with Crippen LogP contribution in [0, 0.1) is 23.0 Å². The van der Waals surface area contributed by atoms with Gasteiger partial charge in [0.25, 0.3) is 0 Å². The fraction of sp³-hybridized carbons (Fsp3) is 0.235. The molecule has 0 aliphatic rings. The number of hydrogen-bond acceptors (Lipinski definition) is 4. The lowest BCUT2D eigenvalue weighted by Gasteiger charge is -2.10. The maximum absolute atomic E-state index is 13.6. The van der Waals surface area contributed by atoms with E-state index in [1.165, 1.54) is 0 Å². The topological polar surface area (TPSA) is 54.3 Å². The Balaban J connectivity index is 1.78. The van der Waals surface area contributed by atoms with Crippen molar-refractivity contribution >= 4 is 5.69 Å². The van der Waals surface area contributed by atoms with E-state index in [1.54, 1.807) is 37.4 Å². The van der Waals surface area contributed by atoms with E-state index in [9.17, 15) is 8.78 Å². The lowest BCUT2D eigenvalue weighted by Crippen LogP contribution is -2.10. The Bertz CT molecular complexity index is 674. The first kappa shape index (κ1) is 16.6. The van der Waals surface area contributed by atoms with Crippen molar-refractivity contribution in [2.45, 2.75) is 6.42 Å². The summed E-state index contributed by atoms with van der Waals surface area (Å²) in [7, 11) is 1.59. The van der Waals surface area contributed by atoms with E-state index in [0.717, 1.165) is 17.9 Å². The van der Waals surface area contributed by atoms with Gasteiger partial charge < -0.3 is 14.8 Å². The summed E-state index contributed by atoms with van der Waals surface area (Å²) in [6.07, 6.45) is 0.560. The largest absolute Gasteiger partial charge is 0.497 e. The second-order valence-electron chi connectivity index (χ2n) is 4.73. The van der Waals surface area contributed by atoms with Crippen molar-refractivity contribution in [1.82, 2.24) is 0 Å². The molecule has 0 radical (unpaired) electrons. The van der Waals surface area contributed by atoms with Gasteiger partial charge in [-0.15, -0.1) is 0 Å². The quantitative estimate of drug-likeness (QED) is 0.790. The molecule has 0 aliphatic heterocycles. The van der Waals surface area contributed by atoms with Gasteiger partial charge in [0.05, 0.1) is 25.3 Å². The Kier molecular flexibility index (Phi) is 5.75. The summed E-state index contributed by atoms with van der Waals surface area (Å²) in [4.78, 5) is 0. The van der Waals surface area contributed by atoms with Crippen molar-refractivity contribution in [1.29, 1.82) is 5.26 Å². The molecule has 2 rings (SSSR count). The molecule has 6 heteroatoms. The average Bonchev–Trinajstić information content (AvgIpc) is 2.57. The van der Waals surface area contributed by atoms with Gasteiger partial charge in [-0.25, -0.2) is 8.78 Å². The molecule has 2 aromatic rings. The van der Waals surface area contributed by atoms with E-state index in [0.29, 0.717) is 25.3 Å². The van der Waals surface area contributed by atoms with Crippen molar-refractivity contribution in [3.63, 3.8) is 0 Å². The Morgan fingerprint density at radius 1 is 1.09 bits per heavy atom. The molecule has 0 amide bonds. The fourth-order valence-electron chi connectivity index (χ4n) is 1.95. The molecule has 0 spiro atoms. The molecule has 2 aromatic carbocycles. The van der Waals surface area contributed by atoms with Crippen LogP contribution in [0.15, 0.2) is 36.4 Å². The fourth-order valence-corrected chi connectivity index (χ4v) is 1.95. The lowest BCUT2D eigenvalue weighted by molar-refractivity contribution is 0.314. The minimum Gasteiger partial charge on any atom is -0.497 e. The molecule has 4 nitrogen and oxygen atoms in total. The van der Waals surface area contributed by atoms with Crippen molar-refractivity contribution in [3.8, 4) is 17.6 Å². The van der Waals surface area contributed by atoms with E-state index in [1.807, 2.05) is 0 Å². The number of ether oxygens (including phenoxy) is 2. The normalized spacial score (nSPS) is 10.0. The number of nitriles is 1. The second kappa shape index (κ2) is 7.99. The molecule has 0 atom stereocenters. The molecule has 23 heavy (non-hydrogen) atoms. The molecule has 0 saturated carbocycles. The van der Waals surface area contributed by atoms with Crippen molar-refractivity contribution in [3.05, 3.63) is 53.6 Å². The van der Waals surface area contributed by atoms with Gasteiger partial charge in [-0.05, 0) is 42.8 Å². The summed E-state index contributed by atoms with van der Waals surface area (Å²) in [5, 5.41) is 11.3. The molecule has 0 aliphatic carbocycles. The van der Waals surface area contributed by atoms with E-state index in [2.05, 4.69) is 5.32 Å². The van der Waals surface area contributed by atoms with Crippen LogP contribution in [-0.4, -0.2) is 20.3 Å². The monoisotopic (exact) mass is 318 g/mol. The van der Waals surface area contributed by atoms with Gasteiger partial charge in [0, 0.05) is 6.54 Å². The summed E-state index contributed by atoms with van der Waals surface area (Å²) in [6.45, 7) is 0.745. The highest BCUT2D eigenvalue weighted by Crippen LogP contribution is 2.20. The van der Waals surface area contributed by atoms with Crippen LogP contribution in [0.1, 0.15) is 12.0 Å². The predicted octanol–water partition coefficient (Wildman–Crippen LogP) is 3.73. The standard InChI is InChI=1S/C17H16F2N2O2/c1-22-13-3-5-14(6-4-13)23-8-2-7-21-17-15(18)9-12(11-20)10-16(17)19/h3-6,9-10,21H,2,7-8H2,1H3. The number of rotatable bonds is 7. The van der Waals surface area contributed by atoms with Crippen molar-refractivity contribution in [2.75, 3.05) is 25.6 Å². The second-order valence-corrected chi connectivity index (χ2v) is 4.73. The summed E-state index contributed by atoms with van der Waals surface area (Å²) >= 11 is 0. The molecule has 0 bridgehead atoms. The van der Waals surface area contributed by atoms with Crippen LogP contribution in [0.5, 0.6) is 11.5 Å². The van der Waals surface area contributed by atoms with E-state index < -0.39 is 11.6 Å². The summed E-state index contributed by atoms with van der Waals surface area (Å²) in [5.74, 6) is -0.123. The minimum absolute atomic E-state index is 0.0478. The zero-order chi connectivity index (χ0) is 16.7. The zero-order valence-corrected chi connectivity index (χ0v) is 12.6. The first-order valence-corrected chi connectivity index (χ1v) is 7.04. The molecule has 0 fully saturated rings. The number of methoxy groups -OCH3 is 1. The molecule has 0 unspecified atom stereocenters. The number of benzene rings is 2. The molecular formula is C17H16F2N2O2. The molecule has 0 heterocycles. The van der Waals surface area contributed by atoms with Gasteiger partial charge in [-0.2, -0.15) is 5.26 Å². The van der Waals surface area contributed by atoms with Crippen LogP contribution >= 0.6 is 0 Å². The molecule has 1 N–H and O–H groups in total. The van der Waals surface area contributed by atoms with Crippen molar-refractivity contribution in [2.24, 2.45) is 0 Å². The third-order valence-corrected chi connectivity index (χ3v) is 3.12. The average molecular weight is 318 g/mol. The van der Waals surface area contributed by atoms with E-state index in [-0.39, 0.29) is 11.3 Å². The van der Waals surface area contributed by atoms with Crippen LogP contribution in [0.3, 0.4) is 0 Å². The van der Waals surface area contributed by atoms with Gasteiger partial charge in [-0.3, -0.25) is 0 Å². The number of halogens is 2. The minimum atomic E-state index is -0.780. The number of hydrogen-bond donors (Lipinski definition) is 1. The summed E-state index contributed by atoms with van der Waals surface area (Å²) < 4.78 is 37.9. The van der Waals surface area contributed by atoms with Crippen LogP contribution in [0.4, 0.5) is 14.5 Å². The maximum atomic E-state index is 13.6. The van der Waals surface area contributed by atoms with E-state index in [4.69, 9.17) is 14.7 Å². The Labute approximate surface area is 133 Å². The van der Waals surface area contributed by atoms with E-state index >= 15 is 0 Å². The Morgan fingerprint density at radius 3 is 2.26 bits per heavy atom. The van der Waals surface area contributed by atoms with Crippen LogP contribution < -0.4 is 14.8 Å². The third kappa shape index (κ3) is 4.58. The van der Waals surface area contributed by atoms with Gasteiger partial charge in [0.1, 0.15) is 17.2 Å². The number of nitrogens with zero attached hydrogens (tertiary/aromatic N) is 1. The highest BCUT2D eigenvalue weighted by molar-refractivity contribution is 5.50. The smallest absolute Gasteiger partial charge is 0.150 e. The number of nitrogens with one attached hydrogen (secondary N) is 1. The predicted molar refractivity (Wildman–Crippen MR) is 82.7 cm³/mol. The van der Waals surface area contributed by atoms with Crippen LogP contribution in [0.25, 0.3) is 0 Å². The third-order valence-electron chi connectivity index (χ3n) is 3.12. The Morgan fingerprint density at radius 2 is 1.70 bits per heavy atom. The first-order valence-electron chi connectivity index (χ1n) is 7.04. The van der Waals surface area contributed by atoms with Gasteiger partial charge in [-0.1, -0.05) is 0 Å². The van der Waals surface area contributed by atoms with Gasteiger partial charge in [0.15, 0.2) is 11.6 Å².